The van der Waals surface area contributed by atoms with E-state index >= 15 is 0 Å². The Morgan fingerprint density at radius 3 is 2.54 bits per heavy atom. The van der Waals surface area contributed by atoms with Crippen LogP contribution in [0.3, 0.4) is 0 Å². The van der Waals surface area contributed by atoms with Crippen molar-refractivity contribution >= 4 is 26.7 Å². The van der Waals surface area contributed by atoms with E-state index in [1.807, 2.05) is 6.26 Å². The zero-order valence-electron chi connectivity index (χ0n) is 15.2. The predicted molar refractivity (Wildman–Crippen MR) is 98.7 cm³/mol. The molecular weight excluding hydrogens is 397 g/mol. The molecule has 2 aliphatic rings. The number of carbonyl (C=O) groups is 1. The number of aryl methyl sites for hydroxylation is 2. The molecule has 0 bridgehead atoms. The summed E-state index contributed by atoms with van der Waals surface area (Å²) in [5.41, 5.74) is -0.825. The van der Waals surface area contributed by atoms with E-state index in [0.29, 0.717) is 30.6 Å². The summed E-state index contributed by atoms with van der Waals surface area (Å²) in [7, 11) is -0.685. The molecule has 1 saturated heterocycles. The van der Waals surface area contributed by atoms with Gasteiger partial charge in [-0.2, -0.15) is 13.2 Å². The average Bonchev–Trinajstić information content (AvgIpc) is 3.27. The van der Waals surface area contributed by atoms with Crippen molar-refractivity contribution in [2.45, 2.75) is 44.6 Å². The van der Waals surface area contributed by atoms with Crippen LogP contribution in [0.1, 0.15) is 30.2 Å². The Morgan fingerprint density at radius 1 is 1.25 bits per heavy atom. The molecule has 28 heavy (non-hydrogen) atoms. The lowest BCUT2D eigenvalue weighted by Gasteiger charge is -2.11. The Balaban J connectivity index is 1.85. The van der Waals surface area contributed by atoms with Gasteiger partial charge in [0.1, 0.15) is 11.8 Å². The Morgan fingerprint density at radius 2 is 1.96 bits per heavy atom. The molecule has 1 aliphatic heterocycles. The number of fused-ring (bicyclic) bond motifs is 1. The summed E-state index contributed by atoms with van der Waals surface area (Å²) in [6, 6.07) is 1.19. The van der Waals surface area contributed by atoms with Gasteiger partial charge in [0.25, 0.3) is 4.70 Å². The number of carbonyl (C=O) groups excluding carboxylic acids is 1. The molecule has 152 valence electrons. The molecule has 2 aromatic heterocycles. The van der Waals surface area contributed by atoms with Gasteiger partial charge >= 0.3 is 23.5 Å². The topological polar surface area (TPSA) is 76.3 Å². The second-order valence-electron chi connectivity index (χ2n) is 7.19. The maximum atomic E-state index is 13.0. The summed E-state index contributed by atoms with van der Waals surface area (Å²) in [5, 5.41) is 2.70. The predicted octanol–water partition coefficient (Wildman–Crippen LogP) is 2.26. The first-order valence-corrected chi connectivity index (χ1v) is 10.7. The minimum absolute atomic E-state index is 0.210. The Labute approximate surface area is 160 Å². The minimum atomic E-state index is -4.40. The number of alkyl halides is 3. The second kappa shape index (κ2) is 6.64. The average molecular weight is 417 g/mol. The van der Waals surface area contributed by atoms with Crippen LogP contribution in [0.4, 0.5) is 18.0 Å². The highest BCUT2D eigenvalue weighted by molar-refractivity contribution is 7.35. The van der Waals surface area contributed by atoms with Gasteiger partial charge in [-0.25, -0.2) is 9.59 Å². The molecule has 1 atom stereocenters. The van der Waals surface area contributed by atoms with E-state index in [2.05, 4.69) is 5.32 Å². The number of nitrogens with one attached hydrogen (secondary N) is 1. The Kier molecular flexibility index (Phi) is 4.52. The third-order valence-electron chi connectivity index (χ3n) is 5.19. The molecule has 1 aliphatic carbocycles. The number of rotatable bonds is 5. The van der Waals surface area contributed by atoms with Gasteiger partial charge in [-0.05, 0) is 23.3 Å². The van der Waals surface area contributed by atoms with Crippen LogP contribution in [0.2, 0.25) is 0 Å². The molecular formula is C17H20F3N4O3S+. The van der Waals surface area contributed by atoms with Crippen LogP contribution in [0.5, 0.6) is 0 Å². The Hall–Kier alpha value is -2.30. The maximum Gasteiger partial charge on any atom is 0.390 e. The van der Waals surface area contributed by atoms with Crippen molar-refractivity contribution in [3.8, 4) is 0 Å². The number of amides is 2. The third-order valence-corrected chi connectivity index (χ3v) is 7.22. The number of urea groups is 1. The molecule has 11 heteroatoms. The molecule has 3 heterocycles. The van der Waals surface area contributed by atoms with Crippen LogP contribution in [-0.2, 0) is 19.3 Å². The molecule has 0 spiro atoms. The smallest absolute Gasteiger partial charge is 0.336 e. The van der Waals surface area contributed by atoms with E-state index in [9.17, 15) is 27.6 Å². The molecule has 1 saturated carbocycles. The van der Waals surface area contributed by atoms with Crippen molar-refractivity contribution in [1.29, 1.82) is 0 Å². The normalized spacial score (nSPS) is 18.2. The van der Waals surface area contributed by atoms with Crippen molar-refractivity contribution in [3.63, 3.8) is 0 Å². The largest absolute Gasteiger partial charge is 0.390 e. The molecule has 2 amide bonds. The van der Waals surface area contributed by atoms with Gasteiger partial charge in [-0.3, -0.25) is 13.9 Å². The molecule has 7 nitrogen and oxygen atoms in total. The highest BCUT2D eigenvalue weighted by Gasteiger charge is 2.35. The van der Waals surface area contributed by atoms with Gasteiger partial charge in [0.2, 0.25) is 0 Å². The van der Waals surface area contributed by atoms with E-state index in [-0.39, 0.29) is 24.1 Å². The van der Waals surface area contributed by atoms with Crippen molar-refractivity contribution in [2.75, 3.05) is 13.1 Å². The lowest BCUT2D eigenvalue weighted by Crippen LogP contribution is -2.39. The number of aromatic nitrogens is 2. The summed E-state index contributed by atoms with van der Waals surface area (Å²) in [6.07, 6.45) is -2.36. The van der Waals surface area contributed by atoms with Crippen molar-refractivity contribution in [1.82, 2.24) is 19.4 Å². The monoisotopic (exact) mass is 417 g/mol. The van der Waals surface area contributed by atoms with E-state index < -0.39 is 40.9 Å². The number of hydrogen-bond donors (Lipinski definition) is 1. The van der Waals surface area contributed by atoms with Crippen LogP contribution in [-0.4, -0.2) is 39.3 Å². The van der Waals surface area contributed by atoms with Gasteiger partial charge in [-0.1, -0.05) is 0 Å². The van der Waals surface area contributed by atoms with Crippen molar-refractivity contribution in [3.05, 3.63) is 31.8 Å². The Bertz CT molecular complexity index is 1060. The molecule has 2 aromatic rings. The van der Waals surface area contributed by atoms with Crippen LogP contribution in [0.15, 0.2) is 15.7 Å². The second-order valence-corrected chi connectivity index (χ2v) is 9.15. The summed E-state index contributed by atoms with van der Waals surface area (Å²) < 4.78 is 41.0. The van der Waals surface area contributed by atoms with E-state index in [0.717, 1.165) is 14.0 Å². The van der Waals surface area contributed by atoms with E-state index in [4.69, 9.17) is 0 Å². The SMILES string of the molecule is C[s+]1c(CN2CCNC2=O)cc2c1c(=O)n(C1CC1)c(=O)n2CCC(F)(F)F. The maximum absolute atomic E-state index is 13.0. The van der Waals surface area contributed by atoms with E-state index in [1.54, 1.807) is 11.0 Å². The summed E-state index contributed by atoms with van der Waals surface area (Å²) in [4.78, 5) is 40.0. The van der Waals surface area contributed by atoms with Crippen LogP contribution < -0.4 is 16.6 Å². The number of nitrogens with zero attached hydrogens (tertiary/aromatic N) is 3. The highest BCUT2D eigenvalue weighted by Crippen LogP contribution is 2.36. The fraction of sp³-hybridized carbons (Fsp3) is 0.588. The van der Waals surface area contributed by atoms with Gasteiger partial charge in [0.15, 0.2) is 4.88 Å². The first-order valence-electron chi connectivity index (χ1n) is 9.03. The van der Waals surface area contributed by atoms with E-state index in [1.165, 1.54) is 0 Å². The van der Waals surface area contributed by atoms with Crippen molar-refractivity contribution in [2.24, 2.45) is 6.26 Å². The minimum Gasteiger partial charge on any atom is -0.336 e. The lowest BCUT2D eigenvalue weighted by molar-refractivity contribution is -0.136. The number of hydrogen-bond acceptors (Lipinski definition) is 3. The first kappa shape index (κ1) is 19.0. The number of halogens is 3. The fourth-order valence-corrected chi connectivity index (χ4v) is 5.31. The standard InChI is InChI=1S/C17H19F3N4O3S/c1-28-11(9-22-7-5-21-15(22)26)8-12-13(28)14(25)24(10-2-3-10)16(27)23(12)6-4-17(18,19)20/h8,10H,2-7,9H2,1H3/p+1. The molecule has 0 aromatic carbocycles. The summed E-state index contributed by atoms with van der Waals surface area (Å²) in [5.74, 6) is 0. The molecule has 2 fully saturated rings. The van der Waals surface area contributed by atoms with Crippen molar-refractivity contribution < 1.29 is 18.0 Å². The molecule has 4 rings (SSSR count). The molecule has 0 radical (unpaired) electrons. The summed E-state index contributed by atoms with van der Waals surface area (Å²) in [6.45, 7) is 0.817. The molecule has 1 N–H and O–H groups in total. The van der Waals surface area contributed by atoms with Gasteiger partial charge in [-0.15, -0.1) is 0 Å². The lowest BCUT2D eigenvalue weighted by atomic mass is 10.3. The van der Waals surface area contributed by atoms with Crippen LogP contribution in [0, 0.1) is 0 Å². The molecule has 1 unspecified atom stereocenters. The van der Waals surface area contributed by atoms with Gasteiger partial charge in [0.05, 0.1) is 13.0 Å². The quantitative estimate of drug-likeness (QED) is 0.759. The van der Waals surface area contributed by atoms with Crippen LogP contribution in [0.25, 0.3) is 10.2 Å². The van der Waals surface area contributed by atoms with Crippen LogP contribution >= 0.6 is 10.5 Å². The first-order chi connectivity index (χ1) is 13.2. The zero-order chi connectivity index (χ0) is 20.2. The summed E-state index contributed by atoms with van der Waals surface area (Å²) >= 11 is 0. The fourth-order valence-electron chi connectivity index (χ4n) is 3.57. The van der Waals surface area contributed by atoms with Gasteiger partial charge < -0.3 is 10.2 Å². The highest BCUT2D eigenvalue weighted by atomic mass is 32.2. The third kappa shape index (κ3) is 3.31. The zero-order valence-corrected chi connectivity index (χ0v) is 16.0. The van der Waals surface area contributed by atoms with Gasteiger partial charge in [0, 0.05) is 31.7 Å². The number of thiophene rings is 1.